The maximum atomic E-state index is 4.86. The molecule has 0 unspecified atom stereocenters. The smallest absolute Gasteiger partial charge is 0.0787 e. The molecule has 0 aliphatic heterocycles. The minimum absolute atomic E-state index is 0. The molecule has 5 heterocycles. The normalized spacial score (nSPS) is 10.8. The molecule has 5 aromatic heterocycles. The number of nitrogens with zero attached hydrogens (tertiary/aromatic N) is 5. The van der Waals surface area contributed by atoms with Crippen molar-refractivity contribution in [1.29, 1.82) is 0 Å². The van der Waals surface area contributed by atoms with Crippen molar-refractivity contribution in [3.05, 3.63) is 212 Å². The van der Waals surface area contributed by atoms with E-state index in [1.165, 1.54) is 5.56 Å². The van der Waals surface area contributed by atoms with Gasteiger partial charge in [0.1, 0.15) is 0 Å². The molecule has 0 saturated heterocycles. The van der Waals surface area contributed by atoms with E-state index < -0.39 is 0 Å². The Morgan fingerprint density at radius 2 is 1.07 bits per heavy atom. The first-order valence-electron chi connectivity index (χ1n) is 19.6. The van der Waals surface area contributed by atoms with Gasteiger partial charge in [-0.2, -0.15) is 0 Å². The Bertz CT molecular complexity index is 3000. The predicted octanol–water partition coefficient (Wildman–Crippen LogP) is 13.2. The van der Waals surface area contributed by atoms with E-state index >= 15 is 0 Å². The number of fused-ring (bicyclic) bond motifs is 3. The average molecular weight is 950 g/mol. The molecule has 0 saturated carbocycles. The van der Waals surface area contributed by atoms with Crippen molar-refractivity contribution in [3.8, 4) is 67.0 Å². The van der Waals surface area contributed by atoms with Crippen LogP contribution < -0.4 is 0 Å². The van der Waals surface area contributed by atoms with E-state index in [4.69, 9.17) is 9.97 Å². The minimum atomic E-state index is 0. The average Bonchev–Trinajstić information content (AvgIpc) is 3.29. The number of hydrogen-bond acceptors (Lipinski definition) is 5. The predicted molar refractivity (Wildman–Crippen MR) is 241 cm³/mol. The van der Waals surface area contributed by atoms with Crippen molar-refractivity contribution in [3.63, 3.8) is 0 Å². The van der Waals surface area contributed by atoms with Gasteiger partial charge >= 0.3 is 0 Å². The zero-order valence-electron chi connectivity index (χ0n) is 33.4. The third-order valence-corrected chi connectivity index (χ3v) is 10.4. The van der Waals surface area contributed by atoms with Gasteiger partial charge < -0.3 is 9.97 Å². The summed E-state index contributed by atoms with van der Waals surface area (Å²) in [5.41, 5.74) is 18.0. The molecule has 0 spiro atoms. The van der Waals surface area contributed by atoms with E-state index in [1.54, 1.807) is 0 Å². The first kappa shape index (κ1) is 39.8. The summed E-state index contributed by atoms with van der Waals surface area (Å²) in [7, 11) is 0. The molecule has 10 rings (SSSR count). The van der Waals surface area contributed by atoms with Crippen molar-refractivity contribution < 1.29 is 20.1 Å². The molecule has 0 atom stereocenters. The summed E-state index contributed by atoms with van der Waals surface area (Å²) in [6, 6.07) is 60.7. The summed E-state index contributed by atoms with van der Waals surface area (Å²) in [5.74, 6) is 0. The molecule has 0 amide bonds. The van der Waals surface area contributed by atoms with Crippen LogP contribution >= 0.6 is 0 Å². The fourth-order valence-electron chi connectivity index (χ4n) is 7.69. The summed E-state index contributed by atoms with van der Waals surface area (Å²) in [5, 5.41) is 2.20. The van der Waals surface area contributed by atoms with Gasteiger partial charge in [-0.3, -0.25) is 15.0 Å². The van der Waals surface area contributed by atoms with Crippen LogP contribution in [0.4, 0.5) is 0 Å². The van der Waals surface area contributed by atoms with Crippen LogP contribution in [0, 0.1) is 32.9 Å². The van der Waals surface area contributed by atoms with E-state index in [9.17, 15) is 0 Å². The third kappa shape index (κ3) is 8.43. The van der Waals surface area contributed by atoms with Gasteiger partial charge in [0, 0.05) is 72.6 Å². The molecule has 0 N–H and O–H groups in total. The van der Waals surface area contributed by atoms with Gasteiger partial charge in [-0.25, -0.2) is 0 Å². The largest absolute Gasteiger partial charge is 0.305 e. The Labute approximate surface area is 364 Å². The number of hydrogen-bond donors (Lipinski definition) is 0. The molecule has 291 valence electrons. The molecular weight excluding hydrogens is 911 g/mol. The zero-order valence-corrected chi connectivity index (χ0v) is 35.8. The Morgan fingerprint density at radius 3 is 1.80 bits per heavy atom. The fraction of sp³-hybridized carbons (Fsp3) is 0.0556. The SMILES string of the molecule is Cc1cc(-c2cc(-c3cc(-c4ccccn4)[c-]cc3C)cc(-c3cc4ncccc4c4cccnc34)c2)cc(C)n1.[Ir].[c-]1cccc(-c2ccccc2)c1-c1ccccn1. The zero-order chi connectivity index (χ0) is 40.1. The molecule has 0 bridgehead atoms. The van der Waals surface area contributed by atoms with E-state index in [1.807, 2.05) is 117 Å². The fourth-order valence-corrected chi connectivity index (χ4v) is 7.69. The molecule has 5 aromatic carbocycles. The van der Waals surface area contributed by atoms with E-state index in [0.717, 1.165) is 100 Å². The van der Waals surface area contributed by atoms with Gasteiger partial charge in [0.15, 0.2) is 0 Å². The summed E-state index contributed by atoms with van der Waals surface area (Å²) < 4.78 is 0. The first-order valence-corrected chi connectivity index (χ1v) is 19.6. The molecule has 1 radical (unpaired) electrons. The van der Waals surface area contributed by atoms with Gasteiger partial charge in [0.25, 0.3) is 0 Å². The standard InChI is InChI=1S/C37H27N4.C17H12N.Ir/c1-23-11-12-26(35-10-4-5-13-38-35)21-33(23)29-18-28(27-16-24(2)41-25(3)17-27)19-30(20-29)34-22-36-31(8-6-14-39-36)32-9-7-15-40-37(32)34;1-2-8-14(9-3-1)15-10-4-5-11-16(15)17-12-6-7-13-18-17;/h4-11,13-22H,1-3H3;1-10,12-13H;/q2*-1;. The van der Waals surface area contributed by atoms with Crippen LogP contribution in [0.25, 0.3) is 88.8 Å². The molecule has 6 heteroatoms. The molecule has 0 aliphatic carbocycles. The molecule has 0 fully saturated rings. The quantitative estimate of drug-likeness (QED) is 0.123. The molecular formula is C54H39IrN5-2. The van der Waals surface area contributed by atoms with Gasteiger partial charge in [0.05, 0.1) is 11.0 Å². The first-order chi connectivity index (χ1) is 29.0. The Balaban J connectivity index is 0.000000220. The molecule has 0 aliphatic rings. The number of aryl methyl sites for hydroxylation is 3. The van der Waals surface area contributed by atoms with Gasteiger partial charge in [-0.15, -0.1) is 59.2 Å². The molecule has 10 aromatic rings. The number of pyridine rings is 5. The third-order valence-electron chi connectivity index (χ3n) is 10.4. The van der Waals surface area contributed by atoms with Crippen molar-refractivity contribution in [2.75, 3.05) is 0 Å². The van der Waals surface area contributed by atoms with E-state index in [0.29, 0.717) is 0 Å². The van der Waals surface area contributed by atoms with Crippen LogP contribution in [0.2, 0.25) is 0 Å². The summed E-state index contributed by atoms with van der Waals surface area (Å²) in [6.07, 6.45) is 7.35. The number of aromatic nitrogens is 5. The second-order valence-electron chi connectivity index (χ2n) is 14.5. The summed E-state index contributed by atoms with van der Waals surface area (Å²) in [6.45, 7) is 6.23. The topological polar surface area (TPSA) is 64.5 Å². The van der Waals surface area contributed by atoms with Crippen molar-refractivity contribution in [1.82, 2.24) is 24.9 Å². The number of benzene rings is 5. The van der Waals surface area contributed by atoms with Crippen LogP contribution in [0.1, 0.15) is 17.0 Å². The van der Waals surface area contributed by atoms with Gasteiger partial charge in [0.2, 0.25) is 0 Å². The maximum Gasteiger partial charge on any atom is 0.0787 e. The Hall–Kier alpha value is -6.98. The Kier molecular flexibility index (Phi) is 11.9. The second-order valence-corrected chi connectivity index (χ2v) is 14.5. The molecule has 5 nitrogen and oxygen atoms in total. The maximum absolute atomic E-state index is 4.86. The van der Waals surface area contributed by atoms with Crippen LogP contribution in [0.15, 0.2) is 183 Å². The molecule has 60 heavy (non-hydrogen) atoms. The van der Waals surface area contributed by atoms with Gasteiger partial charge in [-0.05, 0) is 108 Å². The van der Waals surface area contributed by atoms with Crippen LogP contribution in [0.3, 0.4) is 0 Å². The van der Waals surface area contributed by atoms with E-state index in [-0.39, 0.29) is 20.1 Å². The number of rotatable bonds is 6. The van der Waals surface area contributed by atoms with Crippen LogP contribution in [-0.2, 0) is 20.1 Å². The van der Waals surface area contributed by atoms with Gasteiger partial charge in [-0.1, -0.05) is 90.3 Å². The summed E-state index contributed by atoms with van der Waals surface area (Å²) in [4.78, 5) is 23.2. The van der Waals surface area contributed by atoms with Crippen molar-refractivity contribution in [2.45, 2.75) is 20.8 Å². The van der Waals surface area contributed by atoms with Crippen LogP contribution in [-0.4, -0.2) is 24.9 Å². The van der Waals surface area contributed by atoms with Crippen LogP contribution in [0.5, 0.6) is 0 Å². The summed E-state index contributed by atoms with van der Waals surface area (Å²) >= 11 is 0. The van der Waals surface area contributed by atoms with E-state index in [2.05, 4.69) is 113 Å². The van der Waals surface area contributed by atoms with Crippen molar-refractivity contribution >= 4 is 21.8 Å². The minimum Gasteiger partial charge on any atom is -0.305 e. The Morgan fingerprint density at radius 1 is 0.433 bits per heavy atom. The monoisotopic (exact) mass is 950 g/mol. The second kappa shape index (κ2) is 17.9. The van der Waals surface area contributed by atoms with Crippen molar-refractivity contribution in [2.24, 2.45) is 0 Å².